The van der Waals surface area contributed by atoms with Crippen molar-refractivity contribution in [2.24, 2.45) is 0 Å². The van der Waals surface area contributed by atoms with E-state index in [9.17, 15) is 9.59 Å². The number of carbonyl (C=O) groups excluding carboxylic acids is 2. The van der Waals surface area contributed by atoms with Crippen molar-refractivity contribution in [3.05, 3.63) is 57.6 Å². The van der Waals surface area contributed by atoms with Crippen LogP contribution < -0.4 is 10.6 Å². The van der Waals surface area contributed by atoms with E-state index in [1.165, 1.54) is 18.3 Å². The molecule has 3 rings (SSSR count). The maximum absolute atomic E-state index is 12.1. The SMILES string of the molecule is CC(=O)NCc1ccc(-c2csc(NC(=O)Cc3ccc(Br)cc3)n2)o1. The van der Waals surface area contributed by atoms with Gasteiger partial charge in [-0.15, -0.1) is 11.3 Å². The van der Waals surface area contributed by atoms with Gasteiger partial charge in [0, 0.05) is 16.8 Å². The van der Waals surface area contributed by atoms with Crippen LogP contribution >= 0.6 is 27.3 Å². The lowest BCUT2D eigenvalue weighted by Gasteiger charge is -2.02. The molecule has 1 aromatic carbocycles. The standard InChI is InChI=1S/C18H16BrN3O3S/c1-11(23)20-9-14-6-7-16(25-14)15-10-26-18(21-15)22-17(24)8-12-2-4-13(19)5-3-12/h2-7,10H,8-9H2,1H3,(H,20,23)(H,21,22,24). The molecular weight excluding hydrogens is 418 g/mol. The third-order valence-corrected chi connectivity index (χ3v) is 4.74. The molecule has 0 aliphatic heterocycles. The van der Waals surface area contributed by atoms with E-state index in [-0.39, 0.29) is 18.2 Å². The Bertz CT molecular complexity index is 918. The van der Waals surface area contributed by atoms with Gasteiger partial charge in [-0.25, -0.2) is 4.98 Å². The maximum atomic E-state index is 12.1. The summed E-state index contributed by atoms with van der Waals surface area (Å²) in [5.41, 5.74) is 1.57. The molecule has 0 saturated heterocycles. The molecule has 0 fully saturated rings. The molecule has 2 amide bonds. The molecule has 0 aliphatic carbocycles. The van der Waals surface area contributed by atoms with Crippen LogP contribution in [0.1, 0.15) is 18.2 Å². The third kappa shape index (κ3) is 5.03. The zero-order valence-electron chi connectivity index (χ0n) is 13.9. The molecule has 8 heteroatoms. The number of aromatic nitrogens is 1. The topological polar surface area (TPSA) is 84.2 Å². The number of benzene rings is 1. The van der Waals surface area contributed by atoms with Gasteiger partial charge in [-0.2, -0.15) is 0 Å². The van der Waals surface area contributed by atoms with E-state index < -0.39 is 0 Å². The Morgan fingerprint density at radius 1 is 1.19 bits per heavy atom. The lowest BCUT2D eigenvalue weighted by Crippen LogP contribution is -2.18. The first-order valence-electron chi connectivity index (χ1n) is 7.83. The molecule has 2 aromatic heterocycles. The first-order chi connectivity index (χ1) is 12.5. The van der Waals surface area contributed by atoms with Gasteiger partial charge in [0.15, 0.2) is 10.9 Å². The highest BCUT2D eigenvalue weighted by atomic mass is 79.9. The molecule has 0 saturated carbocycles. The molecule has 0 bridgehead atoms. The number of furan rings is 1. The summed E-state index contributed by atoms with van der Waals surface area (Å²) in [4.78, 5) is 27.5. The fourth-order valence-electron chi connectivity index (χ4n) is 2.22. The fourth-order valence-corrected chi connectivity index (χ4v) is 3.20. The van der Waals surface area contributed by atoms with Crippen LogP contribution in [0, 0.1) is 0 Å². The molecule has 3 aromatic rings. The number of nitrogens with one attached hydrogen (secondary N) is 2. The highest BCUT2D eigenvalue weighted by Crippen LogP contribution is 2.26. The van der Waals surface area contributed by atoms with Crippen LogP contribution in [0.4, 0.5) is 5.13 Å². The number of hydrogen-bond acceptors (Lipinski definition) is 5. The second-order valence-electron chi connectivity index (χ2n) is 5.57. The smallest absolute Gasteiger partial charge is 0.230 e. The van der Waals surface area contributed by atoms with Gasteiger partial charge in [-0.3, -0.25) is 9.59 Å². The van der Waals surface area contributed by atoms with E-state index >= 15 is 0 Å². The Morgan fingerprint density at radius 3 is 2.69 bits per heavy atom. The second kappa shape index (κ2) is 8.29. The number of carbonyl (C=O) groups is 2. The van der Waals surface area contributed by atoms with Crippen LogP contribution in [0.25, 0.3) is 11.5 Å². The van der Waals surface area contributed by atoms with E-state index in [0.717, 1.165) is 10.0 Å². The summed E-state index contributed by atoms with van der Waals surface area (Å²) in [6.45, 7) is 1.78. The van der Waals surface area contributed by atoms with Gasteiger partial charge >= 0.3 is 0 Å². The Morgan fingerprint density at radius 2 is 1.96 bits per heavy atom. The third-order valence-electron chi connectivity index (χ3n) is 3.45. The second-order valence-corrected chi connectivity index (χ2v) is 7.34. The summed E-state index contributed by atoms with van der Waals surface area (Å²) in [6, 6.07) is 11.2. The summed E-state index contributed by atoms with van der Waals surface area (Å²) in [7, 11) is 0. The Hall–Kier alpha value is -2.45. The molecule has 2 heterocycles. The van der Waals surface area contributed by atoms with Gasteiger partial charge < -0.3 is 15.1 Å². The van der Waals surface area contributed by atoms with Crippen LogP contribution in [-0.2, 0) is 22.6 Å². The van der Waals surface area contributed by atoms with Crippen LogP contribution in [0.15, 0.2) is 50.7 Å². The van der Waals surface area contributed by atoms with Crippen molar-refractivity contribution in [2.45, 2.75) is 19.9 Å². The van der Waals surface area contributed by atoms with Crippen LogP contribution in [-0.4, -0.2) is 16.8 Å². The largest absolute Gasteiger partial charge is 0.458 e. The van der Waals surface area contributed by atoms with E-state index in [1.54, 1.807) is 12.1 Å². The molecule has 0 radical (unpaired) electrons. The summed E-state index contributed by atoms with van der Waals surface area (Å²) in [5.74, 6) is 0.991. The van der Waals surface area contributed by atoms with Crippen LogP contribution in [0.5, 0.6) is 0 Å². The minimum atomic E-state index is -0.126. The zero-order chi connectivity index (χ0) is 18.5. The van der Waals surface area contributed by atoms with Gasteiger partial charge in [-0.1, -0.05) is 28.1 Å². The van der Waals surface area contributed by atoms with Gasteiger partial charge in [-0.05, 0) is 29.8 Å². The van der Waals surface area contributed by atoms with Crippen molar-refractivity contribution >= 4 is 44.2 Å². The quantitative estimate of drug-likeness (QED) is 0.615. The number of thiazole rings is 1. The Kier molecular flexibility index (Phi) is 5.85. The minimum absolute atomic E-state index is 0.118. The Labute approximate surface area is 162 Å². The lowest BCUT2D eigenvalue weighted by molar-refractivity contribution is -0.119. The number of halogens is 1. The summed E-state index contributed by atoms with van der Waals surface area (Å²) in [6.07, 6.45) is 0.282. The molecule has 0 unspecified atom stereocenters. The number of amides is 2. The van der Waals surface area contributed by atoms with Crippen molar-refractivity contribution in [3.63, 3.8) is 0 Å². The zero-order valence-corrected chi connectivity index (χ0v) is 16.3. The van der Waals surface area contributed by atoms with Gasteiger partial charge in [0.25, 0.3) is 0 Å². The minimum Gasteiger partial charge on any atom is -0.458 e. The van der Waals surface area contributed by atoms with Crippen molar-refractivity contribution in [1.82, 2.24) is 10.3 Å². The predicted molar refractivity (Wildman–Crippen MR) is 104 cm³/mol. The molecular formula is C18H16BrN3O3S. The average Bonchev–Trinajstić information content (AvgIpc) is 3.24. The summed E-state index contributed by atoms with van der Waals surface area (Å²) in [5, 5.41) is 7.81. The van der Waals surface area contributed by atoms with Crippen molar-refractivity contribution in [1.29, 1.82) is 0 Å². The maximum Gasteiger partial charge on any atom is 0.230 e. The average molecular weight is 434 g/mol. The summed E-state index contributed by atoms with van der Waals surface area (Å²) >= 11 is 4.70. The lowest BCUT2D eigenvalue weighted by atomic mass is 10.1. The van der Waals surface area contributed by atoms with Crippen molar-refractivity contribution in [3.8, 4) is 11.5 Å². The number of rotatable bonds is 6. The summed E-state index contributed by atoms with van der Waals surface area (Å²) < 4.78 is 6.63. The van der Waals surface area contributed by atoms with Crippen molar-refractivity contribution < 1.29 is 14.0 Å². The predicted octanol–water partition coefficient (Wildman–Crippen LogP) is 3.98. The Balaban J connectivity index is 1.59. The monoisotopic (exact) mass is 433 g/mol. The van der Waals surface area contributed by atoms with E-state index in [2.05, 4.69) is 31.5 Å². The number of hydrogen-bond donors (Lipinski definition) is 2. The number of nitrogens with zero attached hydrogens (tertiary/aromatic N) is 1. The van der Waals surface area contributed by atoms with E-state index in [0.29, 0.717) is 28.9 Å². The molecule has 2 N–H and O–H groups in total. The van der Waals surface area contributed by atoms with Crippen LogP contribution in [0.2, 0.25) is 0 Å². The number of anilines is 1. The molecule has 134 valence electrons. The van der Waals surface area contributed by atoms with E-state index in [1.807, 2.05) is 29.6 Å². The molecule has 26 heavy (non-hydrogen) atoms. The molecule has 0 atom stereocenters. The molecule has 0 aliphatic rings. The van der Waals surface area contributed by atoms with E-state index in [4.69, 9.17) is 4.42 Å². The highest BCUT2D eigenvalue weighted by Gasteiger charge is 2.12. The fraction of sp³-hybridized carbons (Fsp3) is 0.167. The van der Waals surface area contributed by atoms with Crippen molar-refractivity contribution in [2.75, 3.05) is 5.32 Å². The first-order valence-corrected chi connectivity index (χ1v) is 9.50. The highest BCUT2D eigenvalue weighted by molar-refractivity contribution is 9.10. The van der Waals surface area contributed by atoms with Gasteiger partial charge in [0.2, 0.25) is 11.8 Å². The van der Waals surface area contributed by atoms with Gasteiger partial charge in [0.05, 0.1) is 13.0 Å². The molecule has 6 nitrogen and oxygen atoms in total. The molecule has 0 spiro atoms. The normalized spacial score (nSPS) is 10.5. The first kappa shape index (κ1) is 18.3. The van der Waals surface area contributed by atoms with Gasteiger partial charge in [0.1, 0.15) is 11.5 Å². The van der Waals surface area contributed by atoms with Crippen LogP contribution in [0.3, 0.4) is 0 Å².